The number of hydrogen-bond acceptors (Lipinski definition) is 5. The van der Waals surface area contributed by atoms with Crippen molar-refractivity contribution in [3.63, 3.8) is 0 Å². The molecule has 2 rings (SSSR count). The zero-order chi connectivity index (χ0) is 16.5. The Morgan fingerprint density at radius 1 is 1.45 bits per heavy atom. The lowest BCUT2D eigenvalue weighted by molar-refractivity contribution is -0.138. The fourth-order valence-electron chi connectivity index (χ4n) is 2.56. The Morgan fingerprint density at radius 2 is 2.14 bits per heavy atom. The van der Waals surface area contributed by atoms with Crippen LogP contribution in [0.1, 0.15) is 37.3 Å². The van der Waals surface area contributed by atoms with Gasteiger partial charge in [0.25, 0.3) is 0 Å². The molecular weight excluding hydrogens is 312 g/mol. The average molecular weight is 330 g/mol. The van der Waals surface area contributed by atoms with Crippen molar-refractivity contribution < 1.29 is 31.8 Å². The normalized spacial score (nSPS) is 20.9. The zero-order valence-corrected chi connectivity index (χ0v) is 13.1. The molecule has 1 unspecified atom stereocenters. The first kappa shape index (κ1) is 16.6. The monoisotopic (exact) mass is 330 g/mol. The molecule has 0 amide bonds. The van der Waals surface area contributed by atoms with E-state index in [0.717, 1.165) is 5.56 Å². The molecule has 122 valence electrons. The van der Waals surface area contributed by atoms with Crippen molar-refractivity contribution in [1.82, 2.24) is 0 Å². The molecule has 0 aliphatic carbocycles. The van der Waals surface area contributed by atoms with Crippen LogP contribution in [0.5, 0.6) is 11.5 Å². The lowest BCUT2D eigenvalue weighted by Gasteiger charge is -2.36. The molecule has 0 saturated heterocycles. The van der Waals surface area contributed by atoms with Crippen molar-refractivity contribution in [3.05, 3.63) is 23.3 Å². The number of aliphatic carboxylic acids is 1. The molecule has 8 heteroatoms. The lowest BCUT2D eigenvalue weighted by Crippen LogP contribution is -2.37. The first-order chi connectivity index (χ1) is 10.1. The summed E-state index contributed by atoms with van der Waals surface area (Å²) in [6, 6.07) is 2.96. The predicted octanol–water partition coefficient (Wildman–Crippen LogP) is 2.13. The summed E-state index contributed by atoms with van der Waals surface area (Å²) in [4.78, 5) is 10.7. The van der Waals surface area contributed by atoms with E-state index in [2.05, 4.69) is 4.18 Å². The van der Waals surface area contributed by atoms with Gasteiger partial charge in [-0.15, -0.1) is 0 Å². The molecule has 0 fully saturated rings. The number of carboxylic acid groups (broad SMARTS) is 1. The Bertz CT molecular complexity index is 695. The first-order valence-corrected chi connectivity index (χ1v) is 8.16. The molecule has 0 bridgehead atoms. The summed E-state index contributed by atoms with van der Waals surface area (Å²) in [6.45, 7) is 3.60. The summed E-state index contributed by atoms with van der Waals surface area (Å²) < 4.78 is 40.7. The largest absolute Gasteiger partial charge is 0.487 e. The van der Waals surface area contributed by atoms with Gasteiger partial charge < -0.3 is 14.0 Å². The van der Waals surface area contributed by atoms with Gasteiger partial charge in [0, 0.05) is 6.42 Å². The highest BCUT2D eigenvalue weighted by Gasteiger charge is 2.33. The summed E-state index contributed by atoms with van der Waals surface area (Å²) >= 11 is 0. The summed E-state index contributed by atoms with van der Waals surface area (Å²) in [5, 5.41) is 8.80. The van der Waals surface area contributed by atoms with Gasteiger partial charge in [-0.3, -0.25) is 9.35 Å². The van der Waals surface area contributed by atoms with Crippen LogP contribution >= 0.6 is 0 Å². The molecule has 0 spiro atoms. The Labute approximate surface area is 128 Å². The molecule has 0 aromatic heterocycles. The Kier molecular flexibility index (Phi) is 4.35. The molecule has 0 saturated carbocycles. The second kappa shape index (κ2) is 5.77. The molecule has 1 aliphatic rings. The number of ether oxygens (including phenoxy) is 1. The van der Waals surface area contributed by atoms with Crippen LogP contribution < -0.4 is 8.92 Å². The number of carboxylic acids is 1. The highest BCUT2D eigenvalue weighted by molar-refractivity contribution is 7.81. The van der Waals surface area contributed by atoms with Crippen LogP contribution in [0.3, 0.4) is 0 Å². The maximum Gasteiger partial charge on any atom is 0.446 e. The van der Waals surface area contributed by atoms with Gasteiger partial charge in [-0.2, -0.15) is 8.42 Å². The van der Waals surface area contributed by atoms with Crippen molar-refractivity contribution >= 4 is 16.4 Å². The third-order valence-corrected chi connectivity index (χ3v) is 4.07. The van der Waals surface area contributed by atoms with Crippen LogP contribution in [0, 0.1) is 6.92 Å². The Hall–Kier alpha value is -1.80. The molecule has 0 radical (unpaired) electrons. The highest BCUT2D eigenvalue weighted by atomic mass is 32.3. The number of carbonyl (C=O) groups is 1. The smallest absolute Gasteiger partial charge is 0.446 e. The van der Waals surface area contributed by atoms with E-state index in [1.165, 1.54) is 12.1 Å². The minimum Gasteiger partial charge on any atom is -0.487 e. The van der Waals surface area contributed by atoms with Gasteiger partial charge in [0.1, 0.15) is 17.1 Å². The van der Waals surface area contributed by atoms with Crippen LogP contribution in [0.2, 0.25) is 0 Å². The van der Waals surface area contributed by atoms with E-state index in [1.54, 1.807) is 6.92 Å². The van der Waals surface area contributed by atoms with Gasteiger partial charge in [-0.1, -0.05) is 0 Å². The van der Waals surface area contributed by atoms with Crippen LogP contribution in [0.15, 0.2) is 12.1 Å². The molecule has 1 aliphatic heterocycles. The van der Waals surface area contributed by atoms with E-state index >= 15 is 0 Å². The van der Waals surface area contributed by atoms with E-state index in [4.69, 9.17) is 14.4 Å². The zero-order valence-electron chi connectivity index (χ0n) is 12.3. The molecule has 7 nitrogen and oxygen atoms in total. The summed E-state index contributed by atoms with van der Waals surface area (Å²) in [5.41, 5.74) is 0.866. The third-order valence-electron chi connectivity index (χ3n) is 3.67. The number of rotatable bonds is 5. The summed E-state index contributed by atoms with van der Waals surface area (Å²) in [7, 11) is -4.57. The lowest BCUT2D eigenvalue weighted by atomic mass is 9.88. The van der Waals surface area contributed by atoms with Crippen molar-refractivity contribution in [2.75, 3.05) is 0 Å². The molecule has 1 aromatic carbocycles. The van der Waals surface area contributed by atoms with Gasteiger partial charge >= 0.3 is 16.4 Å². The van der Waals surface area contributed by atoms with Gasteiger partial charge in [0.15, 0.2) is 0 Å². The van der Waals surface area contributed by atoms with Gasteiger partial charge in [-0.25, -0.2) is 0 Å². The van der Waals surface area contributed by atoms with Crippen LogP contribution in [0.25, 0.3) is 0 Å². The number of fused-ring (bicyclic) bond motifs is 1. The van der Waals surface area contributed by atoms with Crippen molar-refractivity contribution in [2.24, 2.45) is 0 Å². The molecule has 1 aromatic rings. The van der Waals surface area contributed by atoms with E-state index in [0.29, 0.717) is 30.6 Å². The van der Waals surface area contributed by atoms with Crippen LogP contribution in [-0.4, -0.2) is 29.6 Å². The quantitative estimate of drug-likeness (QED) is 0.796. The SMILES string of the molecule is Cc1cc(OS(=O)(=O)O)cc2c1OC(C)(CCC(=O)O)CC2. The third kappa shape index (κ3) is 4.11. The molecule has 1 atom stereocenters. The molecular formula is C14H18O7S. The number of hydrogen-bond donors (Lipinski definition) is 2. The van der Waals surface area contributed by atoms with Crippen molar-refractivity contribution in [2.45, 2.75) is 45.1 Å². The fourth-order valence-corrected chi connectivity index (χ4v) is 2.90. The maximum atomic E-state index is 10.8. The maximum absolute atomic E-state index is 10.8. The summed E-state index contributed by atoms with van der Waals surface area (Å²) in [5.74, 6) is -0.234. The van der Waals surface area contributed by atoms with Crippen LogP contribution in [0.4, 0.5) is 0 Å². The van der Waals surface area contributed by atoms with Crippen molar-refractivity contribution in [3.8, 4) is 11.5 Å². The first-order valence-electron chi connectivity index (χ1n) is 6.79. The predicted molar refractivity (Wildman–Crippen MR) is 77.6 cm³/mol. The molecule has 1 heterocycles. The number of benzene rings is 1. The van der Waals surface area contributed by atoms with Gasteiger partial charge in [0.05, 0.1) is 0 Å². The minimum absolute atomic E-state index is 0.0227. The standard InChI is InChI=1S/C14H18O7S/c1-9-7-11(21-22(17,18)19)8-10-3-5-14(2,20-13(9)10)6-4-12(15)16/h7-8H,3-6H2,1-2H3,(H,15,16)(H,17,18,19). The minimum atomic E-state index is -4.57. The van der Waals surface area contributed by atoms with Crippen LogP contribution in [-0.2, 0) is 21.6 Å². The van der Waals surface area contributed by atoms with Gasteiger partial charge in [-0.05, 0) is 56.4 Å². The van der Waals surface area contributed by atoms with E-state index in [9.17, 15) is 13.2 Å². The molecule has 2 N–H and O–H groups in total. The fraction of sp³-hybridized carbons (Fsp3) is 0.500. The second-order valence-corrected chi connectivity index (χ2v) is 6.71. The Balaban J connectivity index is 2.24. The summed E-state index contributed by atoms with van der Waals surface area (Å²) in [6.07, 6.45) is 1.64. The molecule has 22 heavy (non-hydrogen) atoms. The van der Waals surface area contributed by atoms with E-state index < -0.39 is 22.0 Å². The van der Waals surface area contributed by atoms with Gasteiger partial charge in [0.2, 0.25) is 0 Å². The van der Waals surface area contributed by atoms with E-state index in [1.807, 2.05) is 6.92 Å². The topological polar surface area (TPSA) is 110 Å². The van der Waals surface area contributed by atoms with Crippen molar-refractivity contribution in [1.29, 1.82) is 0 Å². The number of aryl methyl sites for hydroxylation is 2. The second-order valence-electron chi connectivity index (χ2n) is 5.69. The van der Waals surface area contributed by atoms with E-state index in [-0.39, 0.29) is 12.2 Å². The highest BCUT2D eigenvalue weighted by Crippen LogP contribution is 2.40. The Morgan fingerprint density at radius 3 is 2.73 bits per heavy atom. The average Bonchev–Trinajstić information content (AvgIpc) is 2.36.